The molecular weight excluding hydrogens is 188 g/mol. The molecule has 0 bridgehead atoms. The molecular formula is C12H16N2O. The molecule has 3 nitrogen and oxygen atoms in total. The molecule has 2 fully saturated rings. The first-order valence-electron chi connectivity index (χ1n) is 5.61. The molecule has 1 saturated heterocycles. The molecule has 15 heavy (non-hydrogen) atoms. The van der Waals surface area contributed by atoms with Crippen LogP contribution in [0.2, 0.25) is 0 Å². The average molecular weight is 204 g/mol. The lowest BCUT2D eigenvalue weighted by Crippen LogP contribution is -2.32. The standard InChI is InChI=1S/C12H16N2O/c1-7-9(3-2-4-13-7)12(15)11-6-8-5-10(8)14-11/h2-4,8,10-12,14-15H,5-6H2,1H3. The lowest BCUT2D eigenvalue weighted by molar-refractivity contribution is 0.130. The second-order valence-electron chi connectivity index (χ2n) is 4.73. The minimum absolute atomic E-state index is 0.233. The fraction of sp³-hybridized carbons (Fsp3) is 0.583. The molecule has 0 radical (unpaired) electrons. The van der Waals surface area contributed by atoms with Gasteiger partial charge >= 0.3 is 0 Å². The average Bonchev–Trinajstić information content (AvgIpc) is 2.86. The van der Waals surface area contributed by atoms with Gasteiger partial charge in [-0.3, -0.25) is 4.98 Å². The van der Waals surface area contributed by atoms with Crippen LogP contribution in [0.5, 0.6) is 0 Å². The summed E-state index contributed by atoms with van der Waals surface area (Å²) in [5, 5.41) is 13.7. The van der Waals surface area contributed by atoms with Gasteiger partial charge in [0.15, 0.2) is 0 Å². The van der Waals surface area contributed by atoms with Gasteiger partial charge in [-0.2, -0.15) is 0 Å². The van der Waals surface area contributed by atoms with E-state index in [4.69, 9.17) is 0 Å². The van der Waals surface area contributed by atoms with Crippen molar-refractivity contribution in [2.24, 2.45) is 5.92 Å². The number of nitrogens with one attached hydrogen (secondary N) is 1. The predicted octanol–water partition coefficient (Wildman–Crippen LogP) is 1.17. The molecule has 80 valence electrons. The van der Waals surface area contributed by atoms with Crippen molar-refractivity contribution in [2.75, 3.05) is 0 Å². The van der Waals surface area contributed by atoms with Crippen LogP contribution in [0.1, 0.15) is 30.2 Å². The molecule has 0 spiro atoms. The largest absolute Gasteiger partial charge is 0.387 e. The molecule has 2 aliphatic rings. The zero-order chi connectivity index (χ0) is 10.4. The van der Waals surface area contributed by atoms with Crippen LogP contribution in [0.25, 0.3) is 0 Å². The Morgan fingerprint density at radius 3 is 3.07 bits per heavy atom. The molecule has 1 aliphatic heterocycles. The number of aryl methyl sites for hydroxylation is 1. The number of aliphatic hydroxyl groups is 1. The Balaban J connectivity index is 1.79. The first-order chi connectivity index (χ1) is 7.25. The van der Waals surface area contributed by atoms with Gasteiger partial charge in [0.1, 0.15) is 0 Å². The Morgan fingerprint density at radius 2 is 2.40 bits per heavy atom. The Hall–Kier alpha value is -0.930. The Morgan fingerprint density at radius 1 is 1.53 bits per heavy atom. The second kappa shape index (κ2) is 3.29. The first kappa shape index (κ1) is 9.31. The number of nitrogens with zero attached hydrogens (tertiary/aromatic N) is 1. The highest BCUT2D eigenvalue weighted by molar-refractivity contribution is 5.24. The molecule has 1 aliphatic carbocycles. The zero-order valence-corrected chi connectivity index (χ0v) is 8.85. The van der Waals surface area contributed by atoms with Crippen LogP contribution in [0.15, 0.2) is 18.3 Å². The van der Waals surface area contributed by atoms with Gasteiger partial charge in [0.25, 0.3) is 0 Å². The second-order valence-corrected chi connectivity index (χ2v) is 4.73. The highest BCUT2D eigenvalue weighted by Gasteiger charge is 2.47. The lowest BCUT2D eigenvalue weighted by Gasteiger charge is -2.21. The van der Waals surface area contributed by atoms with Gasteiger partial charge in [0.05, 0.1) is 6.10 Å². The molecule has 4 atom stereocenters. The zero-order valence-electron chi connectivity index (χ0n) is 8.85. The van der Waals surface area contributed by atoms with Gasteiger partial charge in [-0.25, -0.2) is 0 Å². The molecule has 2 heterocycles. The van der Waals surface area contributed by atoms with Crippen molar-refractivity contribution in [3.8, 4) is 0 Å². The number of hydrogen-bond acceptors (Lipinski definition) is 3. The molecule has 3 rings (SSSR count). The van der Waals surface area contributed by atoms with Crippen LogP contribution in [0.4, 0.5) is 0 Å². The third kappa shape index (κ3) is 1.56. The summed E-state index contributed by atoms with van der Waals surface area (Å²) in [5.41, 5.74) is 1.91. The Bertz CT molecular complexity index is 370. The minimum atomic E-state index is -0.397. The predicted molar refractivity (Wildman–Crippen MR) is 57.4 cm³/mol. The third-order valence-electron chi connectivity index (χ3n) is 3.66. The molecule has 2 N–H and O–H groups in total. The summed E-state index contributed by atoms with van der Waals surface area (Å²) >= 11 is 0. The minimum Gasteiger partial charge on any atom is -0.387 e. The number of aliphatic hydroxyl groups excluding tert-OH is 1. The lowest BCUT2D eigenvalue weighted by atomic mass is 9.99. The first-order valence-corrected chi connectivity index (χ1v) is 5.61. The van der Waals surface area contributed by atoms with Crippen LogP contribution in [-0.4, -0.2) is 22.2 Å². The van der Waals surface area contributed by atoms with Crippen molar-refractivity contribution in [3.63, 3.8) is 0 Å². The normalized spacial score (nSPS) is 34.9. The van der Waals surface area contributed by atoms with Gasteiger partial charge in [-0.15, -0.1) is 0 Å². The van der Waals surface area contributed by atoms with E-state index in [0.29, 0.717) is 6.04 Å². The van der Waals surface area contributed by atoms with Gasteiger partial charge < -0.3 is 10.4 Å². The van der Waals surface area contributed by atoms with E-state index in [0.717, 1.165) is 23.6 Å². The number of aromatic nitrogens is 1. The van der Waals surface area contributed by atoms with E-state index in [1.54, 1.807) is 6.20 Å². The van der Waals surface area contributed by atoms with Gasteiger partial charge in [-0.05, 0) is 31.7 Å². The highest BCUT2D eigenvalue weighted by atomic mass is 16.3. The van der Waals surface area contributed by atoms with Crippen molar-refractivity contribution in [1.82, 2.24) is 10.3 Å². The molecule has 0 amide bonds. The van der Waals surface area contributed by atoms with Gasteiger partial charge in [0, 0.05) is 29.5 Å². The highest BCUT2D eigenvalue weighted by Crippen LogP contribution is 2.43. The van der Waals surface area contributed by atoms with Crippen LogP contribution in [0.3, 0.4) is 0 Å². The van der Waals surface area contributed by atoms with E-state index in [1.165, 1.54) is 6.42 Å². The Labute approximate surface area is 89.5 Å². The summed E-state index contributed by atoms with van der Waals surface area (Å²) in [4.78, 5) is 4.21. The van der Waals surface area contributed by atoms with Crippen molar-refractivity contribution in [2.45, 2.75) is 38.0 Å². The van der Waals surface area contributed by atoms with Crippen LogP contribution >= 0.6 is 0 Å². The number of hydrogen-bond donors (Lipinski definition) is 2. The van der Waals surface area contributed by atoms with Crippen molar-refractivity contribution >= 4 is 0 Å². The number of pyridine rings is 1. The van der Waals surface area contributed by atoms with E-state index in [2.05, 4.69) is 10.3 Å². The molecule has 1 saturated carbocycles. The molecule has 4 unspecified atom stereocenters. The molecule has 1 aromatic heterocycles. The number of rotatable bonds is 2. The fourth-order valence-corrected chi connectivity index (χ4v) is 2.63. The van der Waals surface area contributed by atoms with Crippen molar-refractivity contribution in [3.05, 3.63) is 29.6 Å². The van der Waals surface area contributed by atoms with E-state index in [-0.39, 0.29) is 6.04 Å². The quantitative estimate of drug-likeness (QED) is 0.760. The number of fused-ring (bicyclic) bond motifs is 1. The van der Waals surface area contributed by atoms with Crippen molar-refractivity contribution < 1.29 is 5.11 Å². The monoisotopic (exact) mass is 204 g/mol. The van der Waals surface area contributed by atoms with E-state index < -0.39 is 6.10 Å². The smallest absolute Gasteiger partial charge is 0.0960 e. The van der Waals surface area contributed by atoms with Gasteiger partial charge in [0.2, 0.25) is 0 Å². The van der Waals surface area contributed by atoms with Crippen molar-refractivity contribution in [1.29, 1.82) is 0 Å². The maximum atomic E-state index is 10.2. The van der Waals surface area contributed by atoms with E-state index in [9.17, 15) is 5.11 Å². The molecule has 1 aromatic rings. The Kier molecular flexibility index (Phi) is 2.04. The summed E-state index contributed by atoms with van der Waals surface area (Å²) < 4.78 is 0. The molecule has 0 aromatic carbocycles. The van der Waals surface area contributed by atoms with Crippen LogP contribution in [0, 0.1) is 12.8 Å². The van der Waals surface area contributed by atoms with E-state index in [1.807, 2.05) is 19.1 Å². The summed E-state index contributed by atoms with van der Waals surface area (Å²) in [6.07, 6.45) is 3.78. The summed E-state index contributed by atoms with van der Waals surface area (Å²) in [6, 6.07) is 4.78. The maximum absolute atomic E-state index is 10.2. The molecule has 3 heteroatoms. The summed E-state index contributed by atoms with van der Waals surface area (Å²) in [7, 11) is 0. The maximum Gasteiger partial charge on any atom is 0.0960 e. The van der Waals surface area contributed by atoms with Crippen LogP contribution < -0.4 is 5.32 Å². The fourth-order valence-electron chi connectivity index (χ4n) is 2.63. The van der Waals surface area contributed by atoms with Crippen LogP contribution in [-0.2, 0) is 0 Å². The topological polar surface area (TPSA) is 45.2 Å². The third-order valence-corrected chi connectivity index (χ3v) is 3.66. The summed E-state index contributed by atoms with van der Waals surface area (Å²) in [5.74, 6) is 0.821. The van der Waals surface area contributed by atoms with Gasteiger partial charge in [-0.1, -0.05) is 6.07 Å². The SMILES string of the molecule is Cc1ncccc1C(O)C1CC2CC2N1. The number of piperidine rings is 1. The van der Waals surface area contributed by atoms with E-state index >= 15 is 0 Å². The summed E-state index contributed by atoms with van der Waals surface area (Å²) in [6.45, 7) is 1.95.